The molecule has 1 atom stereocenters. The normalized spacial score (nSPS) is 12.3. The monoisotopic (exact) mass is 288 g/mol. The lowest BCUT2D eigenvalue weighted by molar-refractivity contribution is -0.140. The number of carbonyl (C=O) groups is 2. The second-order valence-corrected chi connectivity index (χ2v) is 5.13. The number of aliphatic carboxylic acids is 1. The van der Waals surface area contributed by atoms with Crippen molar-refractivity contribution in [1.82, 2.24) is 10.3 Å². The number of amides is 1. The predicted octanol–water partition coefficient (Wildman–Crippen LogP) is 1.37. The standard InChI is InChI=1S/C15H16N2O4/c1-8(2)12(15(20)21)17-14(19)11-7-9-5-3-4-6-10(9)13(18)16-11/h3-8,12H,1-2H3,(H,16,18)(H,17,19)(H,20,21). The van der Waals surface area contributed by atoms with E-state index in [-0.39, 0.29) is 17.2 Å². The van der Waals surface area contributed by atoms with Gasteiger partial charge in [-0.05, 0) is 23.4 Å². The van der Waals surface area contributed by atoms with Gasteiger partial charge in [-0.1, -0.05) is 32.0 Å². The molecular formula is C15H16N2O4. The lowest BCUT2D eigenvalue weighted by atomic mass is 10.0. The van der Waals surface area contributed by atoms with Crippen LogP contribution in [0.25, 0.3) is 10.8 Å². The number of H-pyrrole nitrogens is 1. The third-order valence-corrected chi connectivity index (χ3v) is 3.22. The van der Waals surface area contributed by atoms with E-state index in [1.807, 2.05) is 0 Å². The van der Waals surface area contributed by atoms with Gasteiger partial charge in [-0.2, -0.15) is 0 Å². The van der Waals surface area contributed by atoms with Crippen LogP contribution in [0.2, 0.25) is 0 Å². The highest BCUT2D eigenvalue weighted by molar-refractivity contribution is 5.98. The second-order valence-electron chi connectivity index (χ2n) is 5.13. The van der Waals surface area contributed by atoms with Crippen LogP contribution in [0.4, 0.5) is 0 Å². The molecule has 0 bridgehead atoms. The minimum absolute atomic E-state index is 0.0469. The molecule has 0 aliphatic rings. The quantitative estimate of drug-likeness (QED) is 0.791. The highest BCUT2D eigenvalue weighted by Crippen LogP contribution is 2.10. The van der Waals surface area contributed by atoms with Crippen LogP contribution < -0.4 is 10.9 Å². The number of rotatable bonds is 4. The van der Waals surface area contributed by atoms with Gasteiger partial charge in [-0.25, -0.2) is 4.79 Å². The molecule has 21 heavy (non-hydrogen) atoms. The Morgan fingerprint density at radius 2 is 1.90 bits per heavy atom. The number of nitrogens with one attached hydrogen (secondary N) is 2. The highest BCUT2D eigenvalue weighted by atomic mass is 16.4. The largest absolute Gasteiger partial charge is 0.480 e. The Balaban J connectivity index is 2.36. The zero-order chi connectivity index (χ0) is 15.6. The van der Waals surface area contributed by atoms with Gasteiger partial charge < -0.3 is 15.4 Å². The van der Waals surface area contributed by atoms with Crippen LogP contribution in [0.1, 0.15) is 24.3 Å². The predicted molar refractivity (Wildman–Crippen MR) is 78.3 cm³/mol. The van der Waals surface area contributed by atoms with Crippen molar-refractivity contribution in [3.63, 3.8) is 0 Å². The first-order chi connectivity index (χ1) is 9.90. The number of benzene rings is 1. The summed E-state index contributed by atoms with van der Waals surface area (Å²) < 4.78 is 0. The molecule has 1 heterocycles. The molecule has 1 unspecified atom stereocenters. The summed E-state index contributed by atoms with van der Waals surface area (Å²) in [5, 5.41) is 12.6. The summed E-state index contributed by atoms with van der Waals surface area (Å²) in [6, 6.07) is 7.40. The Morgan fingerprint density at radius 3 is 2.52 bits per heavy atom. The zero-order valence-electron chi connectivity index (χ0n) is 11.7. The first-order valence-corrected chi connectivity index (χ1v) is 6.56. The van der Waals surface area contributed by atoms with Crippen LogP contribution in [-0.4, -0.2) is 28.0 Å². The van der Waals surface area contributed by atoms with Gasteiger partial charge in [0.2, 0.25) is 0 Å². The first kappa shape index (κ1) is 14.8. The molecule has 1 amide bonds. The van der Waals surface area contributed by atoms with Gasteiger partial charge in [0, 0.05) is 5.39 Å². The molecule has 0 spiro atoms. The van der Waals surface area contributed by atoms with E-state index >= 15 is 0 Å². The summed E-state index contributed by atoms with van der Waals surface area (Å²) in [7, 11) is 0. The maximum absolute atomic E-state index is 12.1. The highest BCUT2D eigenvalue weighted by Gasteiger charge is 2.24. The zero-order valence-corrected chi connectivity index (χ0v) is 11.7. The molecule has 6 heteroatoms. The van der Waals surface area contributed by atoms with Crippen molar-refractivity contribution < 1.29 is 14.7 Å². The van der Waals surface area contributed by atoms with E-state index in [2.05, 4.69) is 10.3 Å². The molecule has 2 aromatic rings. The van der Waals surface area contributed by atoms with Gasteiger partial charge >= 0.3 is 5.97 Å². The third kappa shape index (κ3) is 3.10. The van der Waals surface area contributed by atoms with Crippen LogP contribution in [0.5, 0.6) is 0 Å². The lowest BCUT2D eigenvalue weighted by Gasteiger charge is -2.17. The molecule has 3 N–H and O–H groups in total. The van der Waals surface area contributed by atoms with E-state index in [4.69, 9.17) is 5.11 Å². The molecule has 0 saturated heterocycles. The van der Waals surface area contributed by atoms with E-state index in [1.54, 1.807) is 38.1 Å². The van der Waals surface area contributed by atoms with Gasteiger partial charge in [0.15, 0.2) is 0 Å². The van der Waals surface area contributed by atoms with Crippen LogP contribution in [0, 0.1) is 5.92 Å². The number of hydrogen-bond donors (Lipinski definition) is 3. The van der Waals surface area contributed by atoms with Crippen molar-refractivity contribution in [1.29, 1.82) is 0 Å². The average Bonchev–Trinajstić information content (AvgIpc) is 2.43. The number of pyridine rings is 1. The van der Waals surface area contributed by atoms with Crippen molar-refractivity contribution >= 4 is 22.6 Å². The number of fused-ring (bicyclic) bond motifs is 1. The van der Waals surface area contributed by atoms with Crippen molar-refractivity contribution in [3.05, 3.63) is 46.4 Å². The number of carboxylic acid groups (broad SMARTS) is 1. The lowest BCUT2D eigenvalue weighted by Crippen LogP contribution is -2.44. The van der Waals surface area contributed by atoms with Crippen LogP contribution in [0.3, 0.4) is 0 Å². The second kappa shape index (κ2) is 5.78. The molecule has 0 saturated carbocycles. The minimum Gasteiger partial charge on any atom is -0.480 e. The topological polar surface area (TPSA) is 99.3 Å². The molecule has 2 rings (SSSR count). The molecule has 1 aromatic heterocycles. The number of aromatic amines is 1. The molecule has 6 nitrogen and oxygen atoms in total. The Kier molecular flexibility index (Phi) is 4.07. The fraction of sp³-hybridized carbons (Fsp3) is 0.267. The van der Waals surface area contributed by atoms with Gasteiger partial charge in [-0.3, -0.25) is 9.59 Å². The van der Waals surface area contributed by atoms with Crippen LogP contribution in [0.15, 0.2) is 35.1 Å². The average molecular weight is 288 g/mol. The molecule has 0 aliphatic heterocycles. The van der Waals surface area contributed by atoms with E-state index in [1.165, 1.54) is 6.07 Å². The maximum atomic E-state index is 12.1. The summed E-state index contributed by atoms with van der Waals surface area (Å²) in [5.41, 5.74) is -0.333. The summed E-state index contributed by atoms with van der Waals surface area (Å²) in [4.78, 5) is 37.6. The Bertz CT molecular complexity index is 749. The molecule has 1 aromatic carbocycles. The summed E-state index contributed by atoms with van der Waals surface area (Å²) in [6.07, 6.45) is 0. The van der Waals surface area contributed by atoms with Gasteiger partial charge in [-0.15, -0.1) is 0 Å². The molecule has 110 valence electrons. The Hall–Kier alpha value is -2.63. The van der Waals surface area contributed by atoms with E-state index in [9.17, 15) is 14.4 Å². The number of hydrogen-bond acceptors (Lipinski definition) is 3. The summed E-state index contributed by atoms with van der Waals surface area (Å²) in [6.45, 7) is 3.39. The SMILES string of the molecule is CC(C)C(NC(=O)c1cc2ccccc2c(=O)[nH]1)C(=O)O. The van der Waals surface area contributed by atoms with E-state index < -0.39 is 17.9 Å². The summed E-state index contributed by atoms with van der Waals surface area (Å²) >= 11 is 0. The molecule has 0 radical (unpaired) electrons. The molecular weight excluding hydrogens is 272 g/mol. The Morgan fingerprint density at radius 1 is 1.24 bits per heavy atom. The van der Waals surface area contributed by atoms with E-state index in [0.29, 0.717) is 10.8 Å². The van der Waals surface area contributed by atoms with Gasteiger partial charge in [0.25, 0.3) is 11.5 Å². The number of aromatic nitrogens is 1. The fourth-order valence-electron chi connectivity index (χ4n) is 2.07. The number of carbonyl (C=O) groups excluding carboxylic acids is 1. The van der Waals surface area contributed by atoms with Gasteiger partial charge in [0.1, 0.15) is 11.7 Å². The molecule has 0 aliphatic carbocycles. The van der Waals surface area contributed by atoms with Crippen LogP contribution in [-0.2, 0) is 4.79 Å². The van der Waals surface area contributed by atoms with E-state index in [0.717, 1.165) is 0 Å². The smallest absolute Gasteiger partial charge is 0.326 e. The maximum Gasteiger partial charge on any atom is 0.326 e. The number of carboxylic acids is 1. The van der Waals surface area contributed by atoms with Crippen LogP contribution >= 0.6 is 0 Å². The molecule has 0 fully saturated rings. The Labute approximate surface area is 120 Å². The van der Waals surface area contributed by atoms with Crippen molar-refractivity contribution in [3.8, 4) is 0 Å². The summed E-state index contributed by atoms with van der Waals surface area (Å²) in [5.74, 6) is -1.99. The third-order valence-electron chi connectivity index (χ3n) is 3.22. The van der Waals surface area contributed by atoms with Crippen molar-refractivity contribution in [2.45, 2.75) is 19.9 Å². The fourth-order valence-corrected chi connectivity index (χ4v) is 2.07. The minimum atomic E-state index is -1.11. The van der Waals surface area contributed by atoms with Gasteiger partial charge in [0.05, 0.1) is 0 Å². The first-order valence-electron chi connectivity index (χ1n) is 6.56. The van der Waals surface area contributed by atoms with Crippen molar-refractivity contribution in [2.24, 2.45) is 5.92 Å². The van der Waals surface area contributed by atoms with Crippen molar-refractivity contribution in [2.75, 3.05) is 0 Å².